The number of rotatable bonds is 8. The number of nitrogens with zero attached hydrogens (tertiary/aromatic N) is 4. The third-order valence-corrected chi connectivity index (χ3v) is 15.1. The largest absolute Gasteiger partial charge is 0.310 e. The molecule has 70 heavy (non-hydrogen) atoms. The maximum atomic E-state index is 4.98. The summed E-state index contributed by atoms with van der Waals surface area (Å²) in [4.78, 5) is 14.7. The molecule has 11 aromatic rings. The standard InChI is InChI=1S/C66H50N4/c1-65(2)59-19-11-9-17-55(59)57-35-33-53(41-61(57)65)69(51-31-21-43-13-5-7-15-47(43)39-51)49-27-23-45(24-28-49)63-64(68-38-37-67-63)46-25-29-50(30-26-46)70(52-32-22-44-14-6-8-16-48(44)40-52)54-34-36-58-56-18-10-12-20-60(56)66(3,4)62(58)42-54/h5-42H,1-4H3. The molecule has 0 saturated heterocycles. The van der Waals surface area contributed by atoms with Crippen molar-refractivity contribution in [2.75, 3.05) is 9.80 Å². The summed E-state index contributed by atoms with van der Waals surface area (Å²) >= 11 is 0. The number of fused-ring (bicyclic) bond motifs is 8. The molecule has 0 N–H and O–H groups in total. The van der Waals surface area contributed by atoms with Crippen molar-refractivity contribution in [3.8, 4) is 44.8 Å². The van der Waals surface area contributed by atoms with Crippen molar-refractivity contribution in [2.24, 2.45) is 0 Å². The number of hydrogen-bond acceptors (Lipinski definition) is 4. The maximum Gasteiger partial charge on any atom is 0.0965 e. The van der Waals surface area contributed by atoms with E-state index in [0.29, 0.717) is 0 Å². The Hall–Kier alpha value is -8.60. The molecule has 0 fully saturated rings. The summed E-state index contributed by atoms with van der Waals surface area (Å²) in [5.41, 5.74) is 20.7. The fraction of sp³-hybridized carbons (Fsp3) is 0.0909. The van der Waals surface area contributed by atoms with E-state index < -0.39 is 0 Å². The van der Waals surface area contributed by atoms with Gasteiger partial charge in [0.15, 0.2) is 0 Å². The molecule has 0 aliphatic heterocycles. The van der Waals surface area contributed by atoms with Crippen molar-refractivity contribution in [3.63, 3.8) is 0 Å². The van der Waals surface area contributed by atoms with Gasteiger partial charge in [-0.3, -0.25) is 9.97 Å². The van der Waals surface area contributed by atoms with Crippen LogP contribution in [-0.2, 0) is 10.8 Å². The first-order valence-electron chi connectivity index (χ1n) is 24.3. The topological polar surface area (TPSA) is 32.3 Å². The van der Waals surface area contributed by atoms with Gasteiger partial charge in [-0.15, -0.1) is 0 Å². The second-order valence-corrected chi connectivity index (χ2v) is 19.9. The Kier molecular flexibility index (Phi) is 9.50. The van der Waals surface area contributed by atoms with Gasteiger partial charge in [0.05, 0.1) is 11.4 Å². The van der Waals surface area contributed by atoms with E-state index in [4.69, 9.17) is 9.97 Å². The Balaban J connectivity index is 0.868. The van der Waals surface area contributed by atoms with E-state index >= 15 is 0 Å². The normalized spacial score (nSPS) is 13.7. The Morgan fingerprint density at radius 1 is 0.286 bits per heavy atom. The van der Waals surface area contributed by atoms with Crippen LogP contribution in [0.15, 0.2) is 231 Å². The quantitative estimate of drug-likeness (QED) is 0.152. The third kappa shape index (κ3) is 6.66. The molecule has 0 atom stereocenters. The average molecular weight is 899 g/mol. The Bertz CT molecular complexity index is 3590. The highest BCUT2D eigenvalue weighted by Crippen LogP contribution is 2.52. The molecule has 0 bridgehead atoms. The molecule has 0 spiro atoms. The summed E-state index contributed by atoms with van der Waals surface area (Å²) in [6, 6.07) is 79.9. The van der Waals surface area contributed by atoms with Crippen molar-refractivity contribution < 1.29 is 0 Å². The Morgan fingerprint density at radius 2 is 0.614 bits per heavy atom. The monoisotopic (exact) mass is 898 g/mol. The number of anilines is 6. The van der Waals surface area contributed by atoms with E-state index in [1.54, 1.807) is 12.4 Å². The highest BCUT2D eigenvalue weighted by atomic mass is 15.1. The first kappa shape index (κ1) is 41.6. The molecule has 1 heterocycles. The van der Waals surface area contributed by atoms with E-state index in [9.17, 15) is 0 Å². The van der Waals surface area contributed by atoms with Crippen LogP contribution in [0.25, 0.3) is 66.3 Å². The molecule has 1 aromatic heterocycles. The lowest BCUT2D eigenvalue weighted by Crippen LogP contribution is -2.16. The first-order valence-corrected chi connectivity index (χ1v) is 24.3. The van der Waals surface area contributed by atoms with Crippen LogP contribution in [0.3, 0.4) is 0 Å². The smallest absolute Gasteiger partial charge is 0.0965 e. The summed E-state index contributed by atoms with van der Waals surface area (Å²) in [5, 5.41) is 4.84. The minimum Gasteiger partial charge on any atom is -0.310 e. The lowest BCUT2D eigenvalue weighted by molar-refractivity contribution is 0.660. The van der Waals surface area contributed by atoms with Crippen LogP contribution in [-0.4, -0.2) is 9.97 Å². The molecule has 0 saturated carbocycles. The third-order valence-electron chi connectivity index (χ3n) is 15.1. The van der Waals surface area contributed by atoms with E-state index in [0.717, 1.165) is 56.6 Å². The fourth-order valence-corrected chi connectivity index (χ4v) is 11.5. The summed E-state index contributed by atoms with van der Waals surface area (Å²) in [6.45, 7) is 9.38. The van der Waals surface area contributed by atoms with Gasteiger partial charge in [0.2, 0.25) is 0 Å². The van der Waals surface area contributed by atoms with Gasteiger partial charge >= 0.3 is 0 Å². The van der Waals surface area contributed by atoms with Crippen molar-refractivity contribution >= 4 is 55.7 Å². The average Bonchev–Trinajstić information content (AvgIpc) is 3.78. The minimum atomic E-state index is -0.123. The zero-order valence-corrected chi connectivity index (χ0v) is 39.7. The zero-order chi connectivity index (χ0) is 47.1. The van der Waals surface area contributed by atoms with Gasteiger partial charge in [-0.1, -0.05) is 173 Å². The lowest BCUT2D eigenvalue weighted by atomic mass is 9.82. The molecule has 2 aliphatic carbocycles. The summed E-state index contributed by atoms with van der Waals surface area (Å²) in [6.07, 6.45) is 3.59. The Labute approximate surface area is 409 Å². The van der Waals surface area contributed by atoms with E-state index in [2.05, 4.69) is 256 Å². The highest BCUT2D eigenvalue weighted by molar-refractivity contribution is 5.93. The van der Waals surface area contributed by atoms with Crippen molar-refractivity contribution in [1.82, 2.24) is 9.97 Å². The molecule has 13 rings (SSSR count). The predicted molar refractivity (Wildman–Crippen MR) is 292 cm³/mol. The summed E-state index contributed by atoms with van der Waals surface area (Å²) in [5.74, 6) is 0. The molecule has 334 valence electrons. The van der Waals surface area contributed by atoms with E-state index in [1.165, 1.54) is 66.1 Å². The van der Waals surface area contributed by atoms with Crippen LogP contribution < -0.4 is 9.80 Å². The molecule has 2 aliphatic rings. The van der Waals surface area contributed by atoms with Crippen LogP contribution in [0.5, 0.6) is 0 Å². The van der Waals surface area contributed by atoms with Gasteiger partial charge in [0.1, 0.15) is 0 Å². The number of benzene rings is 10. The summed E-state index contributed by atoms with van der Waals surface area (Å²) in [7, 11) is 0. The van der Waals surface area contributed by atoms with E-state index in [1.807, 2.05) is 0 Å². The molecular weight excluding hydrogens is 849 g/mol. The summed E-state index contributed by atoms with van der Waals surface area (Å²) < 4.78 is 0. The predicted octanol–water partition coefficient (Wildman–Crippen LogP) is 17.7. The molecular formula is C66H50N4. The second kappa shape index (κ2) is 16.0. The minimum absolute atomic E-state index is 0.123. The second-order valence-electron chi connectivity index (χ2n) is 19.9. The number of aromatic nitrogens is 2. The van der Waals surface area contributed by atoms with Gasteiger partial charge in [-0.2, -0.15) is 0 Å². The SMILES string of the molecule is CC1(C)c2ccccc2-c2ccc(N(c3ccc(-c4nccnc4-c4ccc(N(c5ccc6c(c5)C(C)(C)c5ccccc5-6)c5ccc6ccccc6c5)cc4)cc3)c3ccc4ccccc4c3)cc21. The number of hydrogen-bond donors (Lipinski definition) is 0. The highest BCUT2D eigenvalue weighted by Gasteiger charge is 2.37. The Morgan fingerprint density at radius 3 is 1.04 bits per heavy atom. The van der Waals surface area contributed by atoms with Gasteiger partial charge in [-0.25, -0.2) is 0 Å². The first-order chi connectivity index (χ1) is 34.2. The van der Waals surface area contributed by atoms with Gasteiger partial charge < -0.3 is 9.80 Å². The molecule has 0 radical (unpaired) electrons. The molecule has 4 heteroatoms. The van der Waals surface area contributed by atoms with Crippen LogP contribution in [0.1, 0.15) is 49.9 Å². The maximum absolute atomic E-state index is 4.98. The molecule has 0 unspecified atom stereocenters. The molecule has 10 aromatic carbocycles. The fourth-order valence-electron chi connectivity index (χ4n) is 11.5. The van der Waals surface area contributed by atoms with Crippen molar-refractivity contribution in [3.05, 3.63) is 253 Å². The van der Waals surface area contributed by atoms with Gasteiger partial charge in [-0.05, 0) is 139 Å². The van der Waals surface area contributed by atoms with Crippen molar-refractivity contribution in [2.45, 2.75) is 38.5 Å². The van der Waals surface area contributed by atoms with Gasteiger partial charge in [0, 0.05) is 68.5 Å². The van der Waals surface area contributed by atoms with Crippen LogP contribution in [0.4, 0.5) is 34.1 Å². The van der Waals surface area contributed by atoms with Crippen molar-refractivity contribution in [1.29, 1.82) is 0 Å². The zero-order valence-electron chi connectivity index (χ0n) is 39.7. The lowest BCUT2D eigenvalue weighted by Gasteiger charge is -2.28. The molecule has 4 nitrogen and oxygen atoms in total. The molecule has 0 amide bonds. The van der Waals surface area contributed by atoms with Crippen LogP contribution in [0, 0.1) is 0 Å². The van der Waals surface area contributed by atoms with Crippen LogP contribution in [0.2, 0.25) is 0 Å². The van der Waals surface area contributed by atoms with Crippen LogP contribution >= 0.6 is 0 Å². The van der Waals surface area contributed by atoms with E-state index in [-0.39, 0.29) is 10.8 Å². The van der Waals surface area contributed by atoms with Gasteiger partial charge in [0.25, 0.3) is 0 Å².